The molecule has 2 aliphatic carbocycles. The van der Waals surface area contributed by atoms with Crippen molar-refractivity contribution in [3.8, 4) is 11.1 Å². The fourth-order valence-electron chi connectivity index (χ4n) is 5.32. The van der Waals surface area contributed by atoms with Crippen LogP contribution >= 0.6 is 0 Å². The Balaban J connectivity index is 1.36. The molecule has 2 aliphatic rings. The van der Waals surface area contributed by atoms with E-state index in [1.54, 1.807) is 0 Å². The van der Waals surface area contributed by atoms with Gasteiger partial charge in [-0.05, 0) is 47.4 Å². The molecule has 0 radical (unpaired) electrons. The van der Waals surface area contributed by atoms with Gasteiger partial charge in [-0.1, -0.05) is 68.3 Å². The molecule has 2 amide bonds. The molecular formula is C27H32N2O5. The Bertz CT molecular complexity index is 1010. The Morgan fingerprint density at radius 2 is 1.68 bits per heavy atom. The zero-order valence-electron chi connectivity index (χ0n) is 19.5. The van der Waals surface area contributed by atoms with Gasteiger partial charge >= 0.3 is 12.1 Å². The van der Waals surface area contributed by atoms with E-state index in [0.29, 0.717) is 12.8 Å². The Labute approximate surface area is 199 Å². The van der Waals surface area contributed by atoms with E-state index in [9.17, 15) is 14.4 Å². The molecular weight excluding hydrogens is 432 g/mol. The molecule has 0 bridgehead atoms. The normalized spacial score (nSPS) is 19.7. The van der Waals surface area contributed by atoms with Crippen LogP contribution < -0.4 is 10.6 Å². The Morgan fingerprint density at radius 1 is 1.03 bits per heavy atom. The van der Waals surface area contributed by atoms with Crippen molar-refractivity contribution in [2.45, 2.75) is 63.5 Å². The fourth-order valence-corrected chi connectivity index (χ4v) is 5.32. The molecule has 3 unspecified atom stereocenters. The van der Waals surface area contributed by atoms with Crippen molar-refractivity contribution < 1.29 is 24.2 Å². The van der Waals surface area contributed by atoms with E-state index in [1.165, 1.54) is 0 Å². The molecule has 3 N–H and O–H groups in total. The Morgan fingerprint density at radius 3 is 2.29 bits per heavy atom. The number of amides is 2. The maximum absolute atomic E-state index is 12.9. The fraction of sp³-hybridized carbons (Fsp3) is 0.444. The predicted octanol–water partition coefficient (Wildman–Crippen LogP) is 4.45. The first-order chi connectivity index (χ1) is 16.5. The van der Waals surface area contributed by atoms with Crippen LogP contribution in [0.2, 0.25) is 0 Å². The summed E-state index contributed by atoms with van der Waals surface area (Å²) in [5.74, 6) is -1.25. The first kappa shape index (κ1) is 23.8. The second-order valence-corrected chi connectivity index (χ2v) is 9.22. The summed E-state index contributed by atoms with van der Waals surface area (Å²) in [7, 11) is 0. The van der Waals surface area contributed by atoms with Crippen molar-refractivity contribution >= 4 is 18.0 Å². The number of fused-ring (bicyclic) bond motifs is 3. The first-order valence-electron chi connectivity index (χ1n) is 12.1. The quantitative estimate of drug-likeness (QED) is 0.508. The molecule has 3 atom stereocenters. The lowest BCUT2D eigenvalue weighted by molar-refractivity contribution is -0.138. The third kappa shape index (κ3) is 5.24. The van der Waals surface area contributed by atoms with Gasteiger partial charge < -0.3 is 20.5 Å². The number of rotatable bonds is 9. The summed E-state index contributed by atoms with van der Waals surface area (Å²) in [6.45, 7) is 2.13. The zero-order chi connectivity index (χ0) is 24.1. The number of carbonyl (C=O) groups excluding carboxylic acids is 2. The molecule has 7 heteroatoms. The van der Waals surface area contributed by atoms with Gasteiger partial charge in [-0.25, -0.2) is 4.79 Å². The van der Waals surface area contributed by atoms with Crippen molar-refractivity contribution in [3.63, 3.8) is 0 Å². The molecule has 0 aliphatic heterocycles. The van der Waals surface area contributed by atoms with Gasteiger partial charge in [-0.15, -0.1) is 0 Å². The van der Waals surface area contributed by atoms with Gasteiger partial charge in [0, 0.05) is 12.0 Å². The summed E-state index contributed by atoms with van der Waals surface area (Å²) >= 11 is 0. The third-order valence-electron chi connectivity index (χ3n) is 6.95. The topological polar surface area (TPSA) is 105 Å². The van der Waals surface area contributed by atoms with Gasteiger partial charge in [0.25, 0.3) is 0 Å². The van der Waals surface area contributed by atoms with Crippen LogP contribution in [0.3, 0.4) is 0 Å². The highest BCUT2D eigenvalue weighted by Gasteiger charge is 2.33. The van der Waals surface area contributed by atoms with Crippen LogP contribution in [0, 0.1) is 5.92 Å². The second kappa shape index (κ2) is 10.7. The maximum Gasteiger partial charge on any atom is 0.407 e. The molecule has 2 aromatic carbocycles. The molecule has 0 aromatic heterocycles. The van der Waals surface area contributed by atoms with E-state index >= 15 is 0 Å². The molecule has 0 heterocycles. The minimum Gasteiger partial charge on any atom is -0.481 e. The van der Waals surface area contributed by atoms with Crippen LogP contribution in [0.15, 0.2) is 48.5 Å². The van der Waals surface area contributed by atoms with Gasteiger partial charge in [0.05, 0.1) is 6.42 Å². The molecule has 1 fully saturated rings. The summed E-state index contributed by atoms with van der Waals surface area (Å²) in [5.41, 5.74) is 4.57. The van der Waals surface area contributed by atoms with E-state index < -0.39 is 18.1 Å². The largest absolute Gasteiger partial charge is 0.481 e. The molecule has 7 nitrogen and oxygen atoms in total. The van der Waals surface area contributed by atoms with E-state index in [-0.39, 0.29) is 36.8 Å². The van der Waals surface area contributed by atoms with Crippen LogP contribution in [-0.4, -0.2) is 41.8 Å². The van der Waals surface area contributed by atoms with Crippen LogP contribution in [0.1, 0.15) is 62.5 Å². The van der Waals surface area contributed by atoms with Crippen LogP contribution in [0.5, 0.6) is 0 Å². The number of nitrogens with one attached hydrogen (secondary N) is 2. The maximum atomic E-state index is 12.9. The number of hydrogen-bond acceptors (Lipinski definition) is 4. The summed E-state index contributed by atoms with van der Waals surface area (Å²) in [6, 6.07) is 15.4. The van der Waals surface area contributed by atoms with Crippen molar-refractivity contribution in [2.75, 3.05) is 6.61 Å². The minimum absolute atomic E-state index is 0.0448. The monoisotopic (exact) mass is 464 g/mol. The van der Waals surface area contributed by atoms with Crippen LogP contribution in [0.25, 0.3) is 11.1 Å². The van der Waals surface area contributed by atoms with Crippen molar-refractivity contribution in [1.29, 1.82) is 0 Å². The van der Waals surface area contributed by atoms with Crippen LogP contribution in [-0.2, 0) is 14.3 Å². The number of ether oxygens (including phenoxy) is 1. The number of aliphatic carboxylic acids is 1. The number of carbonyl (C=O) groups is 3. The zero-order valence-corrected chi connectivity index (χ0v) is 19.5. The standard InChI is InChI=1S/C27H32N2O5/c1-2-8-24(26(32)28-23-14-7-9-17(23)15-25(30)31)29-27(33)34-16-22-20-12-5-3-10-18(20)19-11-4-6-13-21(19)22/h3-6,10-13,17,22-24H,2,7-9,14-16H2,1H3,(H,28,32)(H,29,33)(H,30,31). The van der Waals surface area contributed by atoms with E-state index in [1.807, 2.05) is 31.2 Å². The molecule has 4 rings (SSSR count). The average molecular weight is 465 g/mol. The molecule has 0 spiro atoms. The van der Waals surface area contributed by atoms with E-state index in [4.69, 9.17) is 9.84 Å². The molecule has 2 aromatic rings. The van der Waals surface area contributed by atoms with Crippen molar-refractivity contribution in [2.24, 2.45) is 5.92 Å². The lowest BCUT2D eigenvalue weighted by atomic mass is 9.98. The van der Waals surface area contributed by atoms with E-state index in [2.05, 4.69) is 34.9 Å². The number of carboxylic acids is 1. The van der Waals surface area contributed by atoms with E-state index in [0.717, 1.165) is 41.5 Å². The summed E-state index contributed by atoms with van der Waals surface area (Å²) in [5, 5.41) is 14.8. The Kier molecular flexibility index (Phi) is 7.50. The summed E-state index contributed by atoms with van der Waals surface area (Å²) < 4.78 is 5.60. The summed E-state index contributed by atoms with van der Waals surface area (Å²) in [6.07, 6.45) is 3.05. The van der Waals surface area contributed by atoms with Gasteiger partial charge in [0.2, 0.25) is 5.91 Å². The summed E-state index contributed by atoms with van der Waals surface area (Å²) in [4.78, 5) is 36.7. The lowest BCUT2D eigenvalue weighted by Gasteiger charge is -2.24. The number of carboxylic acid groups (broad SMARTS) is 1. The van der Waals surface area contributed by atoms with Gasteiger partial charge in [-0.2, -0.15) is 0 Å². The predicted molar refractivity (Wildman–Crippen MR) is 128 cm³/mol. The van der Waals surface area contributed by atoms with Crippen molar-refractivity contribution in [1.82, 2.24) is 10.6 Å². The Hall–Kier alpha value is -3.35. The first-order valence-corrected chi connectivity index (χ1v) is 12.1. The number of benzene rings is 2. The highest BCUT2D eigenvalue weighted by atomic mass is 16.5. The highest BCUT2D eigenvalue weighted by molar-refractivity contribution is 5.86. The minimum atomic E-state index is -0.854. The second-order valence-electron chi connectivity index (χ2n) is 9.22. The van der Waals surface area contributed by atoms with Gasteiger partial charge in [0.1, 0.15) is 12.6 Å². The smallest absolute Gasteiger partial charge is 0.407 e. The number of alkyl carbamates (subject to hydrolysis) is 1. The number of hydrogen-bond donors (Lipinski definition) is 3. The average Bonchev–Trinajstić information content (AvgIpc) is 3.38. The van der Waals surface area contributed by atoms with Gasteiger partial charge in [-0.3, -0.25) is 9.59 Å². The molecule has 180 valence electrons. The van der Waals surface area contributed by atoms with Crippen LogP contribution in [0.4, 0.5) is 4.79 Å². The molecule has 1 saturated carbocycles. The molecule has 34 heavy (non-hydrogen) atoms. The highest BCUT2D eigenvalue weighted by Crippen LogP contribution is 2.44. The van der Waals surface area contributed by atoms with Gasteiger partial charge in [0.15, 0.2) is 0 Å². The van der Waals surface area contributed by atoms with Crippen molar-refractivity contribution in [3.05, 3.63) is 59.7 Å². The SMILES string of the molecule is CCCC(NC(=O)OCC1c2ccccc2-c2ccccc21)C(=O)NC1CCCC1CC(=O)O. The third-order valence-corrected chi connectivity index (χ3v) is 6.95. The lowest BCUT2D eigenvalue weighted by Crippen LogP contribution is -2.50. The molecule has 0 saturated heterocycles.